The van der Waals surface area contributed by atoms with E-state index >= 15 is 0 Å². The highest BCUT2D eigenvalue weighted by molar-refractivity contribution is 5.85. The normalized spacial score (nSPS) is 16.7. The highest BCUT2D eigenvalue weighted by Crippen LogP contribution is 2.09. The van der Waals surface area contributed by atoms with Crippen molar-refractivity contribution in [2.24, 2.45) is 0 Å². The quantitative estimate of drug-likeness (QED) is 0.892. The molecule has 0 aliphatic carbocycles. The highest BCUT2D eigenvalue weighted by Gasteiger charge is 2.21. The summed E-state index contributed by atoms with van der Waals surface area (Å²) < 4.78 is 0. The first-order chi connectivity index (χ1) is 10.0. The van der Waals surface area contributed by atoms with Gasteiger partial charge in [-0.2, -0.15) is 0 Å². The van der Waals surface area contributed by atoms with Crippen molar-refractivity contribution in [2.45, 2.75) is 45.6 Å². The average Bonchev–Trinajstić information content (AvgIpc) is 2.41. The lowest BCUT2D eigenvalue weighted by atomic mass is 10.1. The molecule has 2 rings (SSSR count). The molecule has 5 heteroatoms. The number of hydrogen-bond acceptors (Lipinski definition) is 3. The lowest BCUT2D eigenvalue weighted by Crippen LogP contribution is -2.45. The fourth-order valence-corrected chi connectivity index (χ4v) is 2.60. The minimum atomic E-state index is -0.0922. The van der Waals surface area contributed by atoms with Gasteiger partial charge < -0.3 is 10.2 Å². The molecule has 1 aromatic rings. The molecular weight excluding hydrogens is 266 g/mol. The van der Waals surface area contributed by atoms with Gasteiger partial charge in [0, 0.05) is 36.8 Å². The largest absolute Gasteiger partial charge is 0.352 e. The van der Waals surface area contributed by atoms with Crippen LogP contribution in [0.15, 0.2) is 18.2 Å². The molecule has 2 heterocycles. The van der Waals surface area contributed by atoms with Crippen molar-refractivity contribution in [3.8, 4) is 0 Å². The summed E-state index contributed by atoms with van der Waals surface area (Å²) in [5.41, 5.74) is 1.95. The zero-order valence-electron chi connectivity index (χ0n) is 12.8. The molecule has 21 heavy (non-hydrogen) atoms. The summed E-state index contributed by atoms with van der Waals surface area (Å²) >= 11 is 0. The fraction of sp³-hybridized carbons (Fsp3) is 0.562. The van der Waals surface area contributed by atoms with Gasteiger partial charge in [-0.25, -0.2) is 0 Å². The molecule has 1 aromatic heterocycles. The number of nitrogens with one attached hydrogen (secondary N) is 1. The third-order valence-corrected chi connectivity index (χ3v) is 3.62. The van der Waals surface area contributed by atoms with Crippen LogP contribution in [0.1, 0.15) is 37.6 Å². The number of hydrogen-bond donors (Lipinski definition) is 1. The molecule has 5 nitrogen and oxygen atoms in total. The van der Waals surface area contributed by atoms with Crippen LogP contribution in [0.25, 0.3) is 0 Å². The zero-order chi connectivity index (χ0) is 15.2. The molecule has 114 valence electrons. The Balaban J connectivity index is 1.80. The number of pyridine rings is 1. The van der Waals surface area contributed by atoms with E-state index in [1.807, 2.05) is 32.0 Å². The van der Waals surface area contributed by atoms with Crippen molar-refractivity contribution in [2.75, 3.05) is 13.1 Å². The Kier molecular flexibility index (Phi) is 5.31. The van der Waals surface area contributed by atoms with Crippen molar-refractivity contribution >= 4 is 11.8 Å². The standard InChI is InChI=1S/C16H23N3O2/c1-12-6-5-7-14(17-12)10-13(2)18-15(20)11-19-9-4-3-8-16(19)21/h5-7,13H,3-4,8-11H2,1-2H3,(H,18,20). The first-order valence-corrected chi connectivity index (χ1v) is 7.54. The Hall–Kier alpha value is -1.91. The molecule has 0 saturated carbocycles. The number of piperidine rings is 1. The third kappa shape index (κ3) is 4.85. The Morgan fingerprint density at radius 1 is 1.43 bits per heavy atom. The number of carbonyl (C=O) groups excluding carboxylic acids is 2. The smallest absolute Gasteiger partial charge is 0.239 e. The second kappa shape index (κ2) is 7.20. The molecule has 1 N–H and O–H groups in total. The van der Waals surface area contributed by atoms with Crippen LogP contribution in [0.2, 0.25) is 0 Å². The maximum absolute atomic E-state index is 12.0. The van der Waals surface area contributed by atoms with E-state index in [1.54, 1.807) is 4.90 Å². The molecule has 1 aliphatic heterocycles. The number of rotatable bonds is 5. The second-order valence-corrected chi connectivity index (χ2v) is 5.72. The lowest BCUT2D eigenvalue weighted by molar-refractivity contribution is -0.138. The van der Waals surface area contributed by atoms with Gasteiger partial charge in [0.1, 0.15) is 0 Å². The number of carbonyl (C=O) groups is 2. The fourth-order valence-electron chi connectivity index (χ4n) is 2.60. The van der Waals surface area contributed by atoms with E-state index in [2.05, 4.69) is 10.3 Å². The summed E-state index contributed by atoms with van der Waals surface area (Å²) in [5.74, 6) is -0.00481. The van der Waals surface area contributed by atoms with Crippen LogP contribution in [-0.4, -0.2) is 40.8 Å². The van der Waals surface area contributed by atoms with Gasteiger partial charge >= 0.3 is 0 Å². The molecule has 0 aromatic carbocycles. The molecule has 0 spiro atoms. The van der Waals surface area contributed by atoms with Crippen molar-refractivity contribution in [1.82, 2.24) is 15.2 Å². The van der Waals surface area contributed by atoms with Crippen molar-refractivity contribution in [3.05, 3.63) is 29.6 Å². The molecule has 0 radical (unpaired) electrons. The summed E-state index contributed by atoms with van der Waals surface area (Å²) in [6.07, 6.45) is 3.19. The van der Waals surface area contributed by atoms with E-state index in [0.717, 1.165) is 24.2 Å². The van der Waals surface area contributed by atoms with E-state index in [-0.39, 0.29) is 24.4 Å². The maximum Gasteiger partial charge on any atom is 0.239 e. The Morgan fingerprint density at radius 3 is 2.95 bits per heavy atom. The van der Waals surface area contributed by atoms with E-state index in [1.165, 1.54) is 0 Å². The molecule has 1 fully saturated rings. The molecule has 1 aliphatic rings. The van der Waals surface area contributed by atoms with E-state index in [0.29, 0.717) is 19.4 Å². The van der Waals surface area contributed by atoms with Gasteiger partial charge in [-0.15, -0.1) is 0 Å². The predicted molar refractivity (Wildman–Crippen MR) is 80.7 cm³/mol. The van der Waals surface area contributed by atoms with Gasteiger partial charge in [-0.1, -0.05) is 6.07 Å². The van der Waals surface area contributed by atoms with Crippen LogP contribution < -0.4 is 5.32 Å². The van der Waals surface area contributed by atoms with E-state index in [9.17, 15) is 9.59 Å². The third-order valence-electron chi connectivity index (χ3n) is 3.62. The van der Waals surface area contributed by atoms with Crippen LogP contribution in [0.3, 0.4) is 0 Å². The molecule has 1 atom stereocenters. The highest BCUT2D eigenvalue weighted by atomic mass is 16.2. The molecule has 1 saturated heterocycles. The van der Waals surface area contributed by atoms with Crippen LogP contribution >= 0.6 is 0 Å². The van der Waals surface area contributed by atoms with Crippen LogP contribution in [0, 0.1) is 6.92 Å². The number of amides is 2. The number of likely N-dealkylation sites (tertiary alicyclic amines) is 1. The zero-order valence-corrected chi connectivity index (χ0v) is 12.8. The molecular formula is C16H23N3O2. The monoisotopic (exact) mass is 289 g/mol. The maximum atomic E-state index is 12.0. The van der Waals surface area contributed by atoms with Crippen molar-refractivity contribution < 1.29 is 9.59 Å². The summed E-state index contributed by atoms with van der Waals surface area (Å²) in [6, 6.07) is 5.89. The Bertz CT molecular complexity index is 516. The molecule has 0 bridgehead atoms. The summed E-state index contributed by atoms with van der Waals surface area (Å²) in [6.45, 7) is 4.78. The van der Waals surface area contributed by atoms with Crippen molar-refractivity contribution in [1.29, 1.82) is 0 Å². The molecule has 2 amide bonds. The number of aromatic nitrogens is 1. The first-order valence-electron chi connectivity index (χ1n) is 7.54. The van der Waals surface area contributed by atoms with Gasteiger partial charge in [-0.05, 0) is 38.8 Å². The molecule has 1 unspecified atom stereocenters. The van der Waals surface area contributed by atoms with Gasteiger partial charge in [0.15, 0.2) is 0 Å². The van der Waals surface area contributed by atoms with Gasteiger partial charge in [-0.3, -0.25) is 14.6 Å². The summed E-state index contributed by atoms with van der Waals surface area (Å²) in [7, 11) is 0. The Labute approximate surface area is 125 Å². The van der Waals surface area contributed by atoms with Gasteiger partial charge in [0.05, 0.1) is 6.54 Å². The van der Waals surface area contributed by atoms with Crippen LogP contribution in [0.5, 0.6) is 0 Å². The number of aryl methyl sites for hydroxylation is 1. The second-order valence-electron chi connectivity index (χ2n) is 5.72. The van der Waals surface area contributed by atoms with E-state index < -0.39 is 0 Å². The van der Waals surface area contributed by atoms with Crippen molar-refractivity contribution in [3.63, 3.8) is 0 Å². The Morgan fingerprint density at radius 2 is 2.24 bits per heavy atom. The predicted octanol–water partition coefficient (Wildman–Crippen LogP) is 1.45. The lowest BCUT2D eigenvalue weighted by Gasteiger charge is -2.26. The SMILES string of the molecule is Cc1cccc(CC(C)NC(=O)CN2CCCCC2=O)n1. The number of nitrogens with zero attached hydrogens (tertiary/aromatic N) is 2. The topological polar surface area (TPSA) is 62.3 Å². The van der Waals surface area contributed by atoms with Gasteiger partial charge in [0.2, 0.25) is 11.8 Å². The van der Waals surface area contributed by atoms with Crippen LogP contribution in [0.4, 0.5) is 0 Å². The minimum absolute atomic E-state index is 0.00620. The summed E-state index contributed by atoms with van der Waals surface area (Å²) in [5, 5.41) is 2.94. The summed E-state index contributed by atoms with van der Waals surface area (Å²) in [4.78, 5) is 29.8. The minimum Gasteiger partial charge on any atom is -0.352 e. The van der Waals surface area contributed by atoms with Gasteiger partial charge in [0.25, 0.3) is 0 Å². The van der Waals surface area contributed by atoms with Crippen LogP contribution in [-0.2, 0) is 16.0 Å². The first kappa shape index (κ1) is 15.5. The average molecular weight is 289 g/mol. The van der Waals surface area contributed by atoms with E-state index in [4.69, 9.17) is 0 Å².